The van der Waals surface area contributed by atoms with Crippen molar-refractivity contribution in [1.29, 1.82) is 0 Å². The van der Waals surface area contributed by atoms with E-state index >= 15 is 0 Å². The first-order valence-corrected chi connectivity index (χ1v) is 10.0. The summed E-state index contributed by atoms with van der Waals surface area (Å²) in [5.41, 5.74) is 1.11. The van der Waals surface area contributed by atoms with E-state index < -0.39 is 16.8 Å². The normalized spacial score (nSPS) is 11.9. The third-order valence-electron chi connectivity index (χ3n) is 3.99. The number of halogens is 1. The van der Waals surface area contributed by atoms with E-state index in [1.165, 1.54) is 28.8 Å². The van der Waals surface area contributed by atoms with Crippen molar-refractivity contribution >= 4 is 56.8 Å². The summed E-state index contributed by atoms with van der Waals surface area (Å²) < 4.78 is 7.01. The fourth-order valence-electron chi connectivity index (χ4n) is 2.65. The van der Waals surface area contributed by atoms with Gasteiger partial charge in [0.15, 0.2) is 4.80 Å². The number of fused-ring (bicyclic) bond motifs is 1. The van der Waals surface area contributed by atoms with Gasteiger partial charge in [-0.1, -0.05) is 41.1 Å². The number of amides is 1. The summed E-state index contributed by atoms with van der Waals surface area (Å²) in [6, 6.07) is 11.3. The van der Waals surface area contributed by atoms with Crippen LogP contribution in [0.25, 0.3) is 16.3 Å². The Morgan fingerprint density at radius 3 is 2.77 bits per heavy atom. The van der Waals surface area contributed by atoms with Crippen molar-refractivity contribution in [2.45, 2.75) is 13.5 Å². The van der Waals surface area contributed by atoms with Gasteiger partial charge in [-0.3, -0.25) is 19.7 Å². The molecule has 0 radical (unpaired) electrons. The minimum Gasteiger partial charge on any atom is -0.465 e. The molecule has 1 amide bonds. The number of non-ortho nitro benzene ring substituents is 1. The van der Waals surface area contributed by atoms with Gasteiger partial charge in [-0.05, 0) is 30.7 Å². The fourth-order valence-corrected chi connectivity index (χ4v) is 3.92. The van der Waals surface area contributed by atoms with Crippen LogP contribution in [0.1, 0.15) is 12.5 Å². The largest absolute Gasteiger partial charge is 0.465 e. The number of benzene rings is 2. The number of esters is 1. The number of carbonyl (C=O) groups is 2. The number of carbonyl (C=O) groups excluding carboxylic acids is 2. The number of nitro groups is 1. The molecular weight excluding hydrogens is 430 g/mol. The highest BCUT2D eigenvalue weighted by atomic mass is 35.5. The number of hydrogen-bond donors (Lipinski definition) is 0. The fraction of sp³-hybridized carbons (Fsp3) is 0.150. The highest BCUT2D eigenvalue weighted by Gasteiger charge is 2.15. The van der Waals surface area contributed by atoms with Crippen LogP contribution in [0.15, 0.2) is 53.5 Å². The molecule has 3 rings (SSSR count). The molecule has 8 nitrogen and oxygen atoms in total. The van der Waals surface area contributed by atoms with Crippen molar-refractivity contribution in [3.63, 3.8) is 0 Å². The lowest BCUT2D eigenvalue weighted by Crippen LogP contribution is -2.22. The number of rotatable bonds is 6. The molecule has 154 valence electrons. The van der Waals surface area contributed by atoms with Gasteiger partial charge in [-0.2, -0.15) is 4.99 Å². The van der Waals surface area contributed by atoms with Crippen molar-refractivity contribution in [2.24, 2.45) is 4.99 Å². The predicted molar refractivity (Wildman–Crippen MR) is 114 cm³/mol. The summed E-state index contributed by atoms with van der Waals surface area (Å²) in [5.74, 6) is -1.07. The van der Waals surface area contributed by atoms with Crippen molar-refractivity contribution in [1.82, 2.24) is 4.57 Å². The molecule has 1 aromatic heterocycles. The van der Waals surface area contributed by atoms with Crippen LogP contribution < -0.4 is 4.80 Å². The maximum atomic E-state index is 12.4. The maximum Gasteiger partial charge on any atom is 0.326 e. The van der Waals surface area contributed by atoms with E-state index in [-0.39, 0.29) is 23.6 Å². The lowest BCUT2D eigenvalue weighted by atomic mass is 10.2. The molecule has 0 saturated heterocycles. The van der Waals surface area contributed by atoms with Gasteiger partial charge in [0.25, 0.3) is 11.6 Å². The van der Waals surface area contributed by atoms with Crippen molar-refractivity contribution in [2.75, 3.05) is 6.61 Å². The Kier molecular flexibility index (Phi) is 6.76. The Morgan fingerprint density at radius 2 is 2.07 bits per heavy atom. The molecule has 10 heteroatoms. The van der Waals surface area contributed by atoms with Gasteiger partial charge < -0.3 is 9.30 Å². The third-order valence-corrected chi connectivity index (χ3v) is 5.37. The summed E-state index contributed by atoms with van der Waals surface area (Å²) >= 11 is 7.14. The Bertz CT molecular complexity index is 1230. The van der Waals surface area contributed by atoms with Crippen molar-refractivity contribution in [3.8, 4) is 0 Å². The number of aromatic nitrogens is 1. The first-order chi connectivity index (χ1) is 14.4. The number of nitro benzene ring substituents is 1. The molecule has 0 saturated carbocycles. The second-order valence-corrected chi connectivity index (χ2v) is 7.41. The van der Waals surface area contributed by atoms with Gasteiger partial charge in [-0.25, -0.2) is 0 Å². The van der Waals surface area contributed by atoms with Crippen molar-refractivity contribution < 1.29 is 19.2 Å². The van der Waals surface area contributed by atoms with Crippen LogP contribution in [0.2, 0.25) is 5.02 Å². The highest BCUT2D eigenvalue weighted by Crippen LogP contribution is 2.23. The lowest BCUT2D eigenvalue weighted by Gasteiger charge is -2.04. The molecule has 3 aromatic rings. The van der Waals surface area contributed by atoms with Crippen molar-refractivity contribution in [3.05, 3.63) is 74.0 Å². The second kappa shape index (κ2) is 9.47. The molecule has 0 bridgehead atoms. The van der Waals surface area contributed by atoms with E-state index in [2.05, 4.69) is 4.99 Å². The predicted octanol–water partition coefficient (Wildman–Crippen LogP) is 3.97. The number of thiazole rings is 1. The molecular formula is C20H16ClN3O5S. The second-order valence-electron chi connectivity index (χ2n) is 5.99. The molecule has 0 spiro atoms. The van der Waals surface area contributed by atoms with Gasteiger partial charge in [-0.15, -0.1) is 0 Å². The number of ether oxygens (including phenoxy) is 1. The van der Waals surface area contributed by atoms with E-state index in [1.807, 2.05) is 0 Å². The van der Waals surface area contributed by atoms with E-state index in [1.54, 1.807) is 37.3 Å². The first kappa shape index (κ1) is 21.4. The van der Waals surface area contributed by atoms with Crippen LogP contribution in [0.5, 0.6) is 0 Å². The summed E-state index contributed by atoms with van der Waals surface area (Å²) in [4.78, 5) is 39.2. The average Bonchev–Trinajstić information content (AvgIpc) is 3.03. The SMILES string of the molecule is CCOC(=O)Cn1c(=NC(=O)/C=C/c2ccccc2Cl)sc2cc([N+](=O)[O-])ccc21. The zero-order valence-electron chi connectivity index (χ0n) is 15.8. The van der Waals surface area contributed by atoms with Crippen LogP contribution in [0, 0.1) is 10.1 Å². The summed E-state index contributed by atoms with van der Waals surface area (Å²) in [6.45, 7) is 1.72. The van der Waals surface area contributed by atoms with Gasteiger partial charge in [0, 0.05) is 23.2 Å². The molecule has 0 aliphatic carbocycles. The molecule has 1 heterocycles. The van der Waals surface area contributed by atoms with Gasteiger partial charge >= 0.3 is 5.97 Å². The minimum atomic E-state index is -0.561. The minimum absolute atomic E-state index is 0.0940. The average molecular weight is 446 g/mol. The van der Waals surface area contributed by atoms with E-state index in [4.69, 9.17) is 16.3 Å². The van der Waals surface area contributed by atoms with Crippen LogP contribution in [-0.2, 0) is 20.9 Å². The smallest absolute Gasteiger partial charge is 0.326 e. The van der Waals surface area contributed by atoms with Gasteiger partial charge in [0.05, 0.1) is 21.7 Å². The summed E-state index contributed by atoms with van der Waals surface area (Å²) in [5, 5.41) is 11.5. The standard InChI is InChI=1S/C20H16ClN3O5S/c1-2-29-19(26)12-23-16-9-8-14(24(27)28)11-17(16)30-20(23)22-18(25)10-7-13-5-3-4-6-15(13)21/h3-11H,2,12H2,1H3/b10-7+,22-20?. The molecule has 0 atom stereocenters. The highest BCUT2D eigenvalue weighted by molar-refractivity contribution is 7.16. The Balaban J connectivity index is 2.03. The topological polar surface area (TPSA) is 104 Å². The summed E-state index contributed by atoms with van der Waals surface area (Å²) in [6.07, 6.45) is 2.81. The van der Waals surface area contributed by atoms with Crippen LogP contribution in [0.3, 0.4) is 0 Å². The van der Waals surface area contributed by atoms with E-state index in [0.717, 1.165) is 11.3 Å². The first-order valence-electron chi connectivity index (χ1n) is 8.83. The Morgan fingerprint density at radius 1 is 1.30 bits per heavy atom. The molecule has 0 unspecified atom stereocenters. The quantitative estimate of drug-likeness (QED) is 0.247. The van der Waals surface area contributed by atoms with Gasteiger partial charge in [0.2, 0.25) is 0 Å². The van der Waals surface area contributed by atoms with Crippen LogP contribution >= 0.6 is 22.9 Å². The number of nitrogens with zero attached hydrogens (tertiary/aromatic N) is 3. The van der Waals surface area contributed by atoms with Crippen LogP contribution in [0.4, 0.5) is 5.69 Å². The molecule has 2 aromatic carbocycles. The Hall–Kier alpha value is -3.30. The zero-order chi connectivity index (χ0) is 21.7. The zero-order valence-corrected chi connectivity index (χ0v) is 17.4. The maximum absolute atomic E-state index is 12.4. The van der Waals surface area contributed by atoms with E-state index in [9.17, 15) is 19.7 Å². The lowest BCUT2D eigenvalue weighted by molar-refractivity contribution is -0.384. The van der Waals surface area contributed by atoms with E-state index in [0.29, 0.717) is 20.8 Å². The monoisotopic (exact) mass is 445 g/mol. The van der Waals surface area contributed by atoms with Gasteiger partial charge in [0.1, 0.15) is 6.54 Å². The number of hydrogen-bond acceptors (Lipinski definition) is 6. The third kappa shape index (κ3) is 5.00. The molecule has 30 heavy (non-hydrogen) atoms. The van der Waals surface area contributed by atoms with Crippen LogP contribution in [-0.4, -0.2) is 28.0 Å². The molecule has 0 N–H and O–H groups in total. The molecule has 0 aliphatic heterocycles. The summed E-state index contributed by atoms with van der Waals surface area (Å²) in [7, 11) is 0. The molecule has 0 fully saturated rings. The Labute approximate surface area is 179 Å². The molecule has 0 aliphatic rings.